The van der Waals surface area contributed by atoms with Crippen LogP contribution in [0.5, 0.6) is 0 Å². The van der Waals surface area contributed by atoms with E-state index in [1.54, 1.807) is 4.90 Å². The molecule has 1 aromatic carbocycles. The van der Waals surface area contributed by atoms with Gasteiger partial charge in [-0.1, -0.05) is 37.3 Å². The van der Waals surface area contributed by atoms with Crippen LogP contribution < -0.4 is 0 Å². The van der Waals surface area contributed by atoms with Crippen LogP contribution in [0.25, 0.3) is 0 Å². The number of carboxylic acids is 1. The summed E-state index contributed by atoms with van der Waals surface area (Å²) in [5, 5.41) is 8.81. The minimum atomic E-state index is -1.16. The van der Waals surface area contributed by atoms with E-state index in [9.17, 15) is 9.59 Å². The summed E-state index contributed by atoms with van der Waals surface area (Å²) in [7, 11) is 0. The van der Waals surface area contributed by atoms with Gasteiger partial charge in [0.2, 0.25) is 0 Å². The summed E-state index contributed by atoms with van der Waals surface area (Å²) in [6, 6.07) is 9.86. The van der Waals surface area contributed by atoms with Gasteiger partial charge in [0.05, 0.1) is 18.4 Å². The fourth-order valence-corrected chi connectivity index (χ4v) is 2.76. The van der Waals surface area contributed by atoms with Crippen molar-refractivity contribution < 1.29 is 14.7 Å². The van der Waals surface area contributed by atoms with Crippen molar-refractivity contribution >= 4 is 11.9 Å². The van der Waals surface area contributed by atoms with Crippen LogP contribution in [0.2, 0.25) is 0 Å². The molecule has 0 saturated carbocycles. The van der Waals surface area contributed by atoms with Gasteiger partial charge in [0.25, 0.3) is 5.91 Å². The molecule has 112 valence electrons. The molecule has 0 spiro atoms. The van der Waals surface area contributed by atoms with E-state index >= 15 is 0 Å². The summed E-state index contributed by atoms with van der Waals surface area (Å²) in [6.07, 6.45) is 2.33. The van der Waals surface area contributed by atoms with Crippen LogP contribution in [-0.4, -0.2) is 38.4 Å². The Kier molecular flexibility index (Phi) is 3.58. The lowest BCUT2D eigenvalue weighted by Crippen LogP contribution is -2.51. The van der Waals surface area contributed by atoms with E-state index in [0.29, 0.717) is 12.5 Å². The fraction of sp³-hybridized carbons (Fsp3) is 0.250. The number of benzene rings is 1. The zero-order valence-corrected chi connectivity index (χ0v) is 12.0. The van der Waals surface area contributed by atoms with Crippen molar-refractivity contribution in [2.45, 2.75) is 13.0 Å². The first-order valence-corrected chi connectivity index (χ1v) is 6.99. The van der Waals surface area contributed by atoms with Crippen molar-refractivity contribution in [1.29, 1.82) is 0 Å². The second kappa shape index (κ2) is 5.55. The zero-order valence-electron chi connectivity index (χ0n) is 12.0. The smallest absolute Gasteiger partial charge is 0.356 e. The van der Waals surface area contributed by atoms with E-state index in [1.165, 1.54) is 6.20 Å². The van der Waals surface area contributed by atoms with Crippen molar-refractivity contribution in [2.24, 2.45) is 5.92 Å². The second-order valence-corrected chi connectivity index (χ2v) is 5.38. The maximum atomic E-state index is 12.5. The lowest BCUT2D eigenvalue weighted by molar-refractivity contribution is 0.0191. The molecule has 6 nitrogen and oxygen atoms in total. The van der Waals surface area contributed by atoms with Crippen LogP contribution in [0, 0.1) is 5.92 Å². The van der Waals surface area contributed by atoms with Crippen LogP contribution in [0.3, 0.4) is 0 Å². The lowest BCUT2D eigenvalue weighted by atomic mass is 9.84. The fourth-order valence-electron chi connectivity index (χ4n) is 2.76. The summed E-state index contributed by atoms with van der Waals surface area (Å²) in [5.41, 5.74) is 1.08. The van der Waals surface area contributed by atoms with E-state index in [4.69, 9.17) is 5.11 Å². The molecule has 1 N–H and O–H groups in total. The van der Waals surface area contributed by atoms with Crippen LogP contribution >= 0.6 is 0 Å². The Morgan fingerprint density at radius 2 is 1.77 bits per heavy atom. The minimum Gasteiger partial charge on any atom is -0.476 e. The Balaban J connectivity index is 1.81. The predicted molar refractivity (Wildman–Crippen MR) is 78.4 cm³/mol. The highest BCUT2D eigenvalue weighted by atomic mass is 16.4. The van der Waals surface area contributed by atoms with E-state index < -0.39 is 5.97 Å². The number of rotatable bonds is 3. The van der Waals surface area contributed by atoms with Gasteiger partial charge < -0.3 is 10.0 Å². The lowest BCUT2D eigenvalue weighted by Gasteiger charge is -2.46. The molecule has 1 aliphatic rings. The number of hydrogen-bond acceptors (Lipinski definition) is 4. The predicted octanol–water partition coefficient (Wildman–Crippen LogP) is 2.01. The van der Waals surface area contributed by atoms with Crippen LogP contribution in [-0.2, 0) is 0 Å². The Bertz CT molecular complexity index is 700. The normalized spacial score (nSPS) is 20.3. The molecule has 1 amide bonds. The number of hydrogen-bond donors (Lipinski definition) is 1. The van der Waals surface area contributed by atoms with Crippen molar-refractivity contribution in [3.8, 4) is 0 Å². The SMILES string of the molecule is CC1CN(C(=O)c2cnc(C(=O)O)cn2)C1c1ccccc1. The molecule has 0 radical (unpaired) electrons. The quantitative estimate of drug-likeness (QED) is 0.937. The molecule has 2 atom stereocenters. The molecule has 0 aliphatic carbocycles. The van der Waals surface area contributed by atoms with Gasteiger partial charge in [-0.2, -0.15) is 0 Å². The molecular weight excluding hydrogens is 282 g/mol. The molecule has 2 aromatic rings. The van der Waals surface area contributed by atoms with Crippen LogP contribution in [0.4, 0.5) is 0 Å². The summed E-state index contributed by atoms with van der Waals surface area (Å²) in [6.45, 7) is 2.75. The standard InChI is InChI=1S/C16H15N3O3/c1-10-9-19(14(10)11-5-3-2-4-6-11)15(20)12-7-18-13(8-17-12)16(21)22/h2-8,10,14H,9H2,1H3,(H,21,22). The van der Waals surface area contributed by atoms with Crippen molar-refractivity contribution in [3.63, 3.8) is 0 Å². The molecule has 1 fully saturated rings. The van der Waals surface area contributed by atoms with Gasteiger partial charge in [0.15, 0.2) is 5.69 Å². The van der Waals surface area contributed by atoms with Gasteiger partial charge in [-0.3, -0.25) is 4.79 Å². The number of aromatic carboxylic acids is 1. The summed E-state index contributed by atoms with van der Waals surface area (Å²) >= 11 is 0. The second-order valence-electron chi connectivity index (χ2n) is 5.38. The molecule has 22 heavy (non-hydrogen) atoms. The monoisotopic (exact) mass is 297 g/mol. The Labute approximate surface area is 127 Å². The molecule has 1 aromatic heterocycles. The highest BCUT2D eigenvalue weighted by molar-refractivity contribution is 5.93. The molecule has 1 saturated heterocycles. The third-order valence-electron chi connectivity index (χ3n) is 3.85. The largest absolute Gasteiger partial charge is 0.476 e. The summed E-state index contributed by atoms with van der Waals surface area (Å²) in [5.74, 6) is -1.01. The van der Waals surface area contributed by atoms with Gasteiger partial charge in [0, 0.05) is 6.54 Å². The Morgan fingerprint density at radius 1 is 1.14 bits per heavy atom. The van der Waals surface area contributed by atoms with Gasteiger partial charge in [-0.05, 0) is 11.5 Å². The van der Waals surface area contributed by atoms with Crippen LogP contribution in [0.15, 0.2) is 42.7 Å². The Hall–Kier alpha value is -2.76. The first kappa shape index (κ1) is 14.2. The number of amides is 1. The van der Waals surface area contributed by atoms with E-state index in [-0.39, 0.29) is 23.3 Å². The third-order valence-corrected chi connectivity index (χ3v) is 3.85. The van der Waals surface area contributed by atoms with Gasteiger partial charge in [0.1, 0.15) is 5.69 Å². The topological polar surface area (TPSA) is 83.4 Å². The average Bonchev–Trinajstić information content (AvgIpc) is 2.53. The van der Waals surface area contributed by atoms with Crippen molar-refractivity contribution in [2.75, 3.05) is 6.54 Å². The van der Waals surface area contributed by atoms with E-state index in [1.807, 2.05) is 30.3 Å². The molecule has 1 aliphatic heterocycles. The molecule has 0 bridgehead atoms. The number of nitrogens with zero attached hydrogens (tertiary/aromatic N) is 3. The zero-order chi connectivity index (χ0) is 15.7. The number of likely N-dealkylation sites (tertiary alicyclic amines) is 1. The molecule has 2 heterocycles. The number of carbonyl (C=O) groups excluding carboxylic acids is 1. The molecule has 2 unspecified atom stereocenters. The molecular formula is C16H15N3O3. The third kappa shape index (κ3) is 2.43. The number of aromatic nitrogens is 2. The minimum absolute atomic E-state index is 0.0228. The maximum absolute atomic E-state index is 12.5. The molecule has 6 heteroatoms. The number of carboxylic acid groups (broad SMARTS) is 1. The molecule has 3 rings (SSSR count). The van der Waals surface area contributed by atoms with Crippen molar-refractivity contribution in [1.82, 2.24) is 14.9 Å². The number of carbonyl (C=O) groups is 2. The first-order chi connectivity index (χ1) is 10.6. The first-order valence-electron chi connectivity index (χ1n) is 6.99. The van der Waals surface area contributed by atoms with Crippen LogP contribution in [0.1, 0.15) is 39.5 Å². The average molecular weight is 297 g/mol. The van der Waals surface area contributed by atoms with E-state index in [0.717, 1.165) is 11.8 Å². The van der Waals surface area contributed by atoms with Gasteiger partial charge in [-0.15, -0.1) is 0 Å². The summed E-state index contributed by atoms with van der Waals surface area (Å²) < 4.78 is 0. The van der Waals surface area contributed by atoms with Gasteiger partial charge >= 0.3 is 5.97 Å². The van der Waals surface area contributed by atoms with Gasteiger partial charge in [-0.25, -0.2) is 14.8 Å². The summed E-state index contributed by atoms with van der Waals surface area (Å²) in [4.78, 5) is 32.7. The highest BCUT2D eigenvalue weighted by Crippen LogP contribution is 2.39. The van der Waals surface area contributed by atoms with E-state index in [2.05, 4.69) is 16.9 Å². The maximum Gasteiger partial charge on any atom is 0.356 e. The Morgan fingerprint density at radius 3 is 2.32 bits per heavy atom. The highest BCUT2D eigenvalue weighted by Gasteiger charge is 2.40. The van der Waals surface area contributed by atoms with Crippen molar-refractivity contribution in [3.05, 3.63) is 59.7 Å².